The lowest BCUT2D eigenvalue weighted by molar-refractivity contribution is 0.0784. The molecule has 0 saturated carbocycles. The van der Waals surface area contributed by atoms with Crippen molar-refractivity contribution in [2.45, 2.75) is 20.4 Å². The number of furan rings is 1. The first kappa shape index (κ1) is 13.3. The zero-order valence-corrected chi connectivity index (χ0v) is 11.2. The number of hydrogen-bond acceptors (Lipinski definition) is 2. The molecule has 0 N–H and O–H groups in total. The summed E-state index contributed by atoms with van der Waals surface area (Å²) in [6.07, 6.45) is 1.60. The fourth-order valence-corrected chi connectivity index (χ4v) is 1.90. The van der Waals surface area contributed by atoms with Crippen LogP contribution in [-0.4, -0.2) is 17.9 Å². The first-order chi connectivity index (χ1) is 8.99. The van der Waals surface area contributed by atoms with Gasteiger partial charge in [0.05, 0.1) is 6.26 Å². The summed E-state index contributed by atoms with van der Waals surface area (Å²) < 4.78 is 18.4. The van der Waals surface area contributed by atoms with Gasteiger partial charge < -0.3 is 9.32 Å². The van der Waals surface area contributed by atoms with E-state index in [2.05, 4.69) is 0 Å². The average molecular weight is 261 g/mol. The maximum atomic E-state index is 13.2. The number of nitrogens with zero attached hydrogens (tertiary/aromatic N) is 1. The Morgan fingerprint density at radius 2 is 2.05 bits per heavy atom. The van der Waals surface area contributed by atoms with Gasteiger partial charge in [-0.1, -0.05) is 0 Å². The fourth-order valence-electron chi connectivity index (χ4n) is 1.90. The van der Waals surface area contributed by atoms with Crippen LogP contribution >= 0.6 is 0 Å². The number of amides is 1. The van der Waals surface area contributed by atoms with Crippen LogP contribution in [0.2, 0.25) is 0 Å². The van der Waals surface area contributed by atoms with Crippen LogP contribution in [0.3, 0.4) is 0 Å². The molecule has 19 heavy (non-hydrogen) atoms. The van der Waals surface area contributed by atoms with Gasteiger partial charge in [-0.25, -0.2) is 4.39 Å². The number of rotatable bonds is 3. The quantitative estimate of drug-likeness (QED) is 0.849. The van der Waals surface area contributed by atoms with Crippen LogP contribution in [0.25, 0.3) is 0 Å². The monoisotopic (exact) mass is 261 g/mol. The van der Waals surface area contributed by atoms with Crippen molar-refractivity contribution < 1.29 is 13.6 Å². The van der Waals surface area contributed by atoms with Crippen molar-refractivity contribution in [3.05, 3.63) is 58.8 Å². The summed E-state index contributed by atoms with van der Waals surface area (Å²) in [6, 6.07) is 6.23. The smallest absolute Gasteiger partial charge is 0.253 e. The second kappa shape index (κ2) is 5.26. The molecule has 1 aromatic carbocycles. The molecule has 0 bridgehead atoms. The Morgan fingerprint density at radius 3 is 2.63 bits per heavy atom. The summed E-state index contributed by atoms with van der Waals surface area (Å²) in [4.78, 5) is 13.8. The zero-order chi connectivity index (χ0) is 14.0. The lowest BCUT2D eigenvalue weighted by Crippen LogP contribution is -2.26. The lowest BCUT2D eigenvalue weighted by atomic mass is 10.1. The molecular formula is C15H16FNO2. The molecule has 0 aliphatic heterocycles. The lowest BCUT2D eigenvalue weighted by Gasteiger charge is -2.17. The number of benzene rings is 1. The van der Waals surface area contributed by atoms with E-state index in [1.165, 1.54) is 12.1 Å². The Balaban J connectivity index is 2.15. The molecule has 2 rings (SSSR count). The Hall–Kier alpha value is -2.10. The summed E-state index contributed by atoms with van der Waals surface area (Å²) in [7, 11) is 1.72. The molecule has 0 unspecified atom stereocenters. The average Bonchev–Trinajstić information content (AvgIpc) is 2.77. The molecule has 0 spiro atoms. The third-order valence-electron chi connectivity index (χ3n) is 3.13. The molecule has 0 fully saturated rings. The van der Waals surface area contributed by atoms with Crippen LogP contribution < -0.4 is 0 Å². The molecule has 0 radical (unpaired) electrons. The highest BCUT2D eigenvalue weighted by molar-refractivity contribution is 5.94. The Bertz CT molecular complexity index is 604. The minimum absolute atomic E-state index is 0.135. The van der Waals surface area contributed by atoms with Crippen LogP contribution in [0, 0.1) is 19.7 Å². The molecule has 0 aliphatic carbocycles. The molecular weight excluding hydrogens is 245 g/mol. The SMILES string of the molecule is Cc1cc(C(=O)N(C)Cc2ccoc2C)ccc1F. The van der Waals surface area contributed by atoms with Gasteiger partial charge in [-0.05, 0) is 43.7 Å². The maximum absolute atomic E-state index is 13.2. The number of hydrogen-bond donors (Lipinski definition) is 0. The molecule has 100 valence electrons. The number of halogens is 1. The van der Waals surface area contributed by atoms with E-state index >= 15 is 0 Å². The number of carbonyl (C=O) groups excluding carboxylic acids is 1. The van der Waals surface area contributed by atoms with E-state index in [1.807, 2.05) is 13.0 Å². The first-order valence-corrected chi connectivity index (χ1v) is 6.03. The highest BCUT2D eigenvalue weighted by Crippen LogP contribution is 2.15. The van der Waals surface area contributed by atoms with E-state index in [0.717, 1.165) is 11.3 Å². The molecule has 0 aliphatic rings. The highest BCUT2D eigenvalue weighted by atomic mass is 19.1. The van der Waals surface area contributed by atoms with Gasteiger partial charge in [-0.15, -0.1) is 0 Å². The van der Waals surface area contributed by atoms with E-state index in [0.29, 0.717) is 17.7 Å². The van der Waals surface area contributed by atoms with Gasteiger partial charge in [0, 0.05) is 24.7 Å². The van der Waals surface area contributed by atoms with Crippen LogP contribution in [0.1, 0.15) is 27.2 Å². The second-order valence-corrected chi connectivity index (χ2v) is 4.63. The van der Waals surface area contributed by atoms with Gasteiger partial charge in [-0.3, -0.25) is 4.79 Å². The molecule has 0 atom stereocenters. The normalized spacial score (nSPS) is 10.5. The standard InChI is InChI=1S/C15H16FNO2/c1-10-8-12(4-5-14(10)16)15(18)17(3)9-13-6-7-19-11(13)2/h4-8H,9H2,1-3H3. The summed E-state index contributed by atoms with van der Waals surface area (Å²) in [6.45, 7) is 3.97. The van der Waals surface area contributed by atoms with Crippen molar-refractivity contribution in [1.82, 2.24) is 4.90 Å². The van der Waals surface area contributed by atoms with Crippen LogP contribution in [0.5, 0.6) is 0 Å². The van der Waals surface area contributed by atoms with E-state index < -0.39 is 0 Å². The van der Waals surface area contributed by atoms with E-state index in [-0.39, 0.29) is 11.7 Å². The molecule has 0 saturated heterocycles. The highest BCUT2D eigenvalue weighted by Gasteiger charge is 2.14. The second-order valence-electron chi connectivity index (χ2n) is 4.63. The van der Waals surface area contributed by atoms with Crippen molar-refractivity contribution in [3.8, 4) is 0 Å². The Morgan fingerprint density at radius 1 is 1.32 bits per heavy atom. The van der Waals surface area contributed by atoms with Gasteiger partial charge in [0.1, 0.15) is 11.6 Å². The Labute approximate surface area is 111 Å². The topological polar surface area (TPSA) is 33.5 Å². The minimum atomic E-state index is -0.301. The van der Waals surface area contributed by atoms with E-state index in [1.54, 1.807) is 31.2 Å². The van der Waals surface area contributed by atoms with Gasteiger partial charge in [-0.2, -0.15) is 0 Å². The number of aryl methyl sites for hydroxylation is 2. The van der Waals surface area contributed by atoms with Crippen LogP contribution in [0.4, 0.5) is 4.39 Å². The predicted octanol–water partition coefficient (Wildman–Crippen LogP) is 3.31. The predicted molar refractivity (Wildman–Crippen MR) is 70.4 cm³/mol. The van der Waals surface area contributed by atoms with Crippen molar-refractivity contribution in [2.24, 2.45) is 0 Å². The largest absolute Gasteiger partial charge is 0.469 e. The maximum Gasteiger partial charge on any atom is 0.253 e. The first-order valence-electron chi connectivity index (χ1n) is 6.03. The summed E-state index contributed by atoms with van der Waals surface area (Å²) in [5.74, 6) is 0.364. The summed E-state index contributed by atoms with van der Waals surface area (Å²) >= 11 is 0. The molecule has 1 amide bonds. The van der Waals surface area contributed by atoms with E-state index in [4.69, 9.17) is 4.42 Å². The van der Waals surface area contributed by atoms with Crippen molar-refractivity contribution in [3.63, 3.8) is 0 Å². The van der Waals surface area contributed by atoms with Crippen LogP contribution in [0.15, 0.2) is 34.9 Å². The summed E-state index contributed by atoms with van der Waals surface area (Å²) in [5.41, 5.74) is 1.93. The molecule has 1 heterocycles. The van der Waals surface area contributed by atoms with Crippen molar-refractivity contribution in [1.29, 1.82) is 0 Å². The minimum Gasteiger partial charge on any atom is -0.469 e. The fraction of sp³-hybridized carbons (Fsp3) is 0.267. The van der Waals surface area contributed by atoms with Gasteiger partial charge in [0.15, 0.2) is 0 Å². The number of carbonyl (C=O) groups is 1. The molecule has 3 nitrogen and oxygen atoms in total. The van der Waals surface area contributed by atoms with Gasteiger partial charge in [0.2, 0.25) is 0 Å². The summed E-state index contributed by atoms with van der Waals surface area (Å²) in [5, 5.41) is 0. The zero-order valence-electron chi connectivity index (χ0n) is 11.2. The third-order valence-corrected chi connectivity index (χ3v) is 3.13. The molecule has 4 heteroatoms. The van der Waals surface area contributed by atoms with Crippen LogP contribution in [-0.2, 0) is 6.54 Å². The van der Waals surface area contributed by atoms with Crippen molar-refractivity contribution in [2.75, 3.05) is 7.05 Å². The van der Waals surface area contributed by atoms with Gasteiger partial charge in [0.25, 0.3) is 5.91 Å². The van der Waals surface area contributed by atoms with E-state index in [9.17, 15) is 9.18 Å². The van der Waals surface area contributed by atoms with Crippen molar-refractivity contribution >= 4 is 5.91 Å². The molecule has 2 aromatic rings. The molecule has 1 aromatic heterocycles. The van der Waals surface area contributed by atoms with Gasteiger partial charge >= 0.3 is 0 Å². The third kappa shape index (κ3) is 2.84. The Kier molecular flexibility index (Phi) is 3.69.